The van der Waals surface area contributed by atoms with Gasteiger partial charge in [0.25, 0.3) is 11.8 Å². The van der Waals surface area contributed by atoms with Crippen molar-refractivity contribution in [3.63, 3.8) is 0 Å². The number of nitrogens with one attached hydrogen (secondary N) is 3. The van der Waals surface area contributed by atoms with Crippen LogP contribution in [0.2, 0.25) is 0 Å². The molecular weight excluding hydrogens is 452 g/mol. The second kappa shape index (κ2) is 9.28. The molecule has 1 aromatic carbocycles. The number of nitrogens with zero attached hydrogens (tertiary/aromatic N) is 3. The minimum absolute atomic E-state index is 0.236. The van der Waals surface area contributed by atoms with Crippen LogP contribution in [0.3, 0.4) is 0 Å². The lowest BCUT2D eigenvalue weighted by Crippen LogP contribution is -2.51. The van der Waals surface area contributed by atoms with E-state index in [1.54, 1.807) is 0 Å². The van der Waals surface area contributed by atoms with Crippen molar-refractivity contribution >= 4 is 40.3 Å². The van der Waals surface area contributed by atoms with E-state index in [9.17, 15) is 14.4 Å². The lowest BCUT2D eigenvalue weighted by molar-refractivity contribution is -0.108. The fourth-order valence-electron chi connectivity index (χ4n) is 4.70. The summed E-state index contributed by atoms with van der Waals surface area (Å²) in [6.07, 6.45) is 1.68. The minimum atomic E-state index is -0.328. The molecule has 0 radical (unpaired) electrons. The van der Waals surface area contributed by atoms with Gasteiger partial charge >= 0.3 is 0 Å². The number of rotatable bonds is 6. The highest BCUT2D eigenvalue weighted by Gasteiger charge is 2.36. The molecule has 34 heavy (non-hydrogen) atoms. The van der Waals surface area contributed by atoms with E-state index in [0.717, 1.165) is 52.8 Å². The van der Waals surface area contributed by atoms with Crippen LogP contribution in [-0.4, -0.2) is 83.2 Å². The zero-order valence-corrected chi connectivity index (χ0v) is 20.1. The normalized spacial score (nSPS) is 20.9. The maximum absolute atomic E-state index is 13.0. The number of amides is 2. The fraction of sp³-hybridized carbons (Fsp3) is 0.417. The molecule has 3 aromatic rings. The van der Waals surface area contributed by atoms with Crippen molar-refractivity contribution in [2.24, 2.45) is 0 Å². The maximum Gasteiger partial charge on any atom is 0.280 e. The number of benzene rings is 1. The molecule has 0 bridgehead atoms. The van der Waals surface area contributed by atoms with Gasteiger partial charge in [-0.2, -0.15) is 0 Å². The largest absolute Gasteiger partial charge is 0.351 e. The van der Waals surface area contributed by atoms with Gasteiger partial charge in [-0.3, -0.25) is 14.5 Å². The van der Waals surface area contributed by atoms with Crippen LogP contribution in [0.25, 0.3) is 10.9 Å². The summed E-state index contributed by atoms with van der Waals surface area (Å²) in [4.78, 5) is 50.2. The first-order valence-corrected chi connectivity index (χ1v) is 12.3. The molecule has 2 aliphatic heterocycles. The number of aryl methyl sites for hydroxylation is 1. The molecule has 0 saturated carbocycles. The van der Waals surface area contributed by atoms with Crippen LogP contribution in [0.15, 0.2) is 24.3 Å². The van der Waals surface area contributed by atoms with Crippen LogP contribution in [-0.2, 0) is 17.8 Å². The fourth-order valence-corrected chi connectivity index (χ4v) is 5.79. The predicted molar refractivity (Wildman–Crippen MR) is 130 cm³/mol. The molecule has 0 aliphatic carbocycles. The number of hydrogen-bond donors (Lipinski definition) is 3. The Morgan fingerprint density at radius 1 is 1.21 bits per heavy atom. The summed E-state index contributed by atoms with van der Waals surface area (Å²) in [5, 5.41) is 7.54. The number of H-pyrrole nitrogens is 1. The van der Waals surface area contributed by atoms with Gasteiger partial charge in [-0.15, -0.1) is 11.3 Å². The number of likely N-dealkylation sites (N-methyl/N-ethyl adjacent to an activating group) is 1. The Labute approximate surface area is 201 Å². The third-order valence-corrected chi connectivity index (χ3v) is 7.58. The highest BCUT2D eigenvalue weighted by molar-refractivity contribution is 7.13. The van der Waals surface area contributed by atoms with Gasteiger partial charge in [0.05, 0.1) is 24.3 Å². The van der Waals surface area contributed by atoms with Gasteiger partial charge in [0, 0.05) is 48.4 Å². The molecule has 3 N–H and O–H groups in total. The summed E-state index contributed by atoms with van der Waals surface area (Å²) >= 11 is 1.43. The number of aromatic nitrogens is 2. The zero-order chi connectivity index (χ0) is 23.8. The molecule has 2 aromatic heterocycles. The molecule has 9 nitrogen and oxygen atoms in total. The van der Waals surface area contributed by atoms with Crippen LogP contribution in [0.4, 0.5) is 0 Å². The number of carbonyl (C=O) groups is 3. The van der Waals surface area contributed by atoms with Gasteiger partial charge in [-0.25, -0.2) is 4.98 Å². The Morgan fingerprint density at radius 3 is 2.74 bits per heavy atom. The summed E-state index contributed by atoms with van der Waals surface area (Å²) in [5.41, 5.74) is 3.49. The van der Waals surface area contributed by atoms with E-state index in [0.29, 0.717) is 23.8 Å². The van der Waals surface area contributed by atoms with E-state index in [1.165, 1.54) is 11.3 Å². The Hall–Kier alpha value is -3.08. The second-order valence-electron chi connectivity index (χ2n) is 9.20. The third kappa shape index (κ3) is 4.61. The molecule has 2 amide bonds. The van der Waals surface area contributed by atoms with Gasteiger partial charge in [-0.1, -0.05) is 11.6 Å². The van der Waals surface area contributed by atoms with Crippen molar-refractivity contribution in [3.8, 4) is 0 Å². The van der Waals surface area contributed by atoms with E-state index in [4.69, 9.17) is 0 Å². The van der Waals surface area contributed by atoms with Crippen LogP contribution in [0, 0.1) is 6.92 Å². The number of carbonyl (C=O) groups excluding carboxylic acids is 3. The van der Waals surface area contributed by atoms with E-state index in [1.807, 2.05) is 36.1 Å². The number of hydrogen-bond acceptors (Lipinski definition) is 7. The molecule has 178 valence electrons. The number of likely N-dealkylation sites (tertiary alicyclic amines) is 1. The molecule has 1 fully saturated rings. The monoisotopic (exact) mass is 480 g/mol. The van der Waals surface area contributed by atoms with Crippen molar-refractivity contribution in [1.82, 2.24) is 30.4 Å². The first-order valence-electron chi connectivity index (χ1n) is 11.4. The second-order valence-corrected chi connectivity index (χ2v) is 10.3. The molecule has 1 saturated heterocycles. The molecule has 10 heteroatoms. The van der Waals surface area contributed by atoms with Crippen molar-refractivity contribution in [2.45, 2.75) is 32.0 Å². The topological polar surface area (TPSA) is 110 Å². The van der Waals surface area contributed by atoms with E-state index in [2.05, 4.69) is 32.5 Å². The summed E-state index contributed by atoms with van der Waals surface area (Å²) in [6, 6.07) is 7.15. The van der Waals surface area contributed by atoms with Crippen molar-refractivity contribution in [3.05, 3.63) is 51.1 Å². The molecule has 5 rings (SSSR count). The summed E-state index contributed by atoms with van der Waals surface area (Å²) < 4.78 is 0. The average molecular weight is 481 g/mol. The highest BCUT2D eigenvalue weighted by atomic mass is 32.1. The van der Waals surface area contributed by atoms with Crippen LogP contribution >= 0.6 is 11.3 Å². The smallest absolute Gasteiger partial charge is 0.280 e. The summed E-state index contributed by atoms with van der Waals surface area (Å²) in [6.45, 7) is 4.96. The van der Waals surface area contributed by atoms with Crippen LogP contribution in [0.1, 0.15) is 36.4 Å². The van der Waals surface area contributed by atoms with Gasteiger partial charge in [0.1, 0.15) is 12.0 Å². The standard InChI is InChI=1S/C24H28N6O3S/c1-14-3-4-16-15(9-14)10-18(25-16)22(32)26-19-11-30(7-8-31)12-20(19)27-23(33)24-28-17-5-6-29(2)13-21(17)34-24/h3-4,8-10,19-20,25H,5-7,11-13H2,1-2H3,(H,26,32)(H,27,33)/t19-,20-/m1/s1. The minimum Gasteiger partial charge on any atom is -0.351 e. The Balaban J connectivity index is 1.30. The van der Waals surface area contributed by atoms with Gasteiger partial charge in [0.2, 0.25) is 0 Å². The van der Waals surface area contributed by atoms with Crippen molar-refractivity contribution in [1.29, 1.82) is 0 Å². The number of aromatic amines is 1. The SMILES string of the molecule is Cc1ccc2[nH]c(C(=O)N[C@@H]3CN(CC=O)C[C@H]3NC(=O)c3nc4c(s3)CN(C)CC4)cc2c1. The molecule has 0 unspecified atom stereocenters. The number of aldehydes is 1. The molecule has 2 atom stereocenters. The summed E-state index contributed by atoms with van der Waals surface area (Å²) in [5.74, 6) is -0.473. The van der Waals surface area contributed by atoms with Crippen LogP contribution in [0.5, 0.6) is 0 Å². The molecule has 2 aliphatic rings. The van der Waals surface area contributed by atoms with E-state index < -0.39 is 0 Å². The maximum atomic E-state index is 13.0. The first kappa shape index (κ1) is 22.7. The Morgan fingerprint density at radius 2 is 1.97 bits per heavy atom. The van der Waals surface area contributed by atoms with Gasteiger partial charge in [0.15, 0.2) is 5.01 Å². The zero-order valence-electron chi connectivity index (χ0n) is 19.3. The Bertz CT molecular complexity index is 1250. The number of fused-ring (bicyclic) bond motifs is 2. The quantitative estimate of drug-likeness (QED) is 0.459. The average Bonchev–Trinajstić information content (AvgIpc) is 3.50. The van der Waals surface area contributed by atoms with E-state index in [-0.39, 0.29) is 30.4 Å². The van der Waals surface area contributed by atoms with Crippen molar-refractivity contribution < 1.29 is 14.4 Å². The highest BCUT2D eigenvalue weighted by Crippen LogP contribution is 2.25. The molecular formula is C24H28N6O3S. The van der Waals surface area contributed by atoms with E-state index >= 15 is 0 Å². The van der Waals surface area contributed by atoms with Gasteiger partial charge in [-0.05, 0) is 32.2 Å². The number of thiazole rings is 1. The predicted octanol–water partition coefficient (Wildman–Crippen LogP) is 1.33. The summed E-state index contributed by atoms with van der Waals surface area (Å²) in [7, 11) is 2.06. The lowest BCUT2D eigenvalue weighted by Gasteiger charge is -2.20. The van der Waals surface area contributed by atoms with Crippen LogP contribution < -0.4 is 10.6 Å². The first-order chi connectivity index (χ1) is 16.4. The third-order valence-electron chi connectivity index (χ3n) is 6.50. The Kier molecular flexibility index (Phi) is 6.20. The molecule has 4 heterocycles. The van der Waals surface area contributed by atoms with Gasteiger partial charge < -0.3 is 25.3 Å². The molecule has 0 spiro atoms. The van der Waals surface area contributed by atoms with Crippen molar-refractivity contribution in [2.75, 3.05) is 33.2 Å². The lowest BCUT2D eigenvalue weighted by atomic mass is 10.1.